The van der Waals surface area contributed by atoms with Gasteiger partial charge in [0.1, 0.15) is 11.5 Å². The maximum Gasteiger partial charge on any atom is 0.407 e. The van der Waals surface area contributed by atoms with E-state index in [1.165, 1.54) is 10.5 Å². The van der Waals surface area contributed by atoms with Gasteiger partial charge in [-0.2, -0.15) is 0 Å². The number of ether oxygens (including phenoxy) is 3. The van der Waals surface area contributed by atoms with Crippen molar-refractivity contribution >= 4 is 6.09 Å². The number of para-hydroxylation sites is 1. The molecule has 1 amide bonds. The molecule has 2 aromatic carbocycles. The lowest BCUT2D eigenvalue weighted by atomic mass is 9.89. The van der Waals surface area contributed by atoms with Crippen molar-refractivity contribution in [1.82, 2.24) is 4.90 Å². The van der Waals surface area contributed by atoms with Gasteiger partial charge < -0.3 is 24.2 Å². The van der Waals surface area contributed by atoms with Crippen molar-refractivity contribution in [2.45, 2.75) is 31.8 Å². The van der Waals surface area contributed by atoms with Crippen molar-refractivity contribution in [3.63, 3.8) is 0 Å². The molecule has 1 saturated heterocycles. The Bertz CT molecular complexity index is 769. The Kier molecular flexibility index (Phi) is 7.76. The first-order valence-corrected chi connectivity index (χ1v) is 10.1. The molecule has 156 valence electrons. The van der Waals surface area contributed by atoms with Gasteiger partial charge in [0.15, 0.2) is 0 Å². The summed E-state index contributed by atoms with van der Waals surface area (Å²) in [5.41, 5.74) is 2.29. The number of carbonyl (C=O) groups is 1. The number of hydrogen-bond acceptors (Lipinski definition) is 4. The fraction of sp³-hybridized carbons (Fsp3) is 0.435. The molecule has 1 N–H and O–H groups in total. The highest BCUT2D eigenvalue weighted by Gasteiger charge is 2.23. The molecule has 3 rings (SSSR count). The summed E-state index contributed by atoms with van der Waals surface area (Å²) in [7, 11) is 1.66. The topological polar surface area (TPSA) is 68.2 Å². The number of amides is 1. The van der Waals surface area contributed by atoms with E-state index in [-0.39, 0.29) is 0 Å². The molecule has 0 aliphatic carbocycles. The molecule has 1 fully saturated rings. The first kappa shape index (κ1) is 21.0. The highest BCUT2D eigenvalue weighted by Crippen LogP contribution is 2.29. The maximum atomic E-state index is 11.0. The van der Waals surface area contributed by atoms with Gasteiger partial charge in [0, 0.05) is 25.1 Å². The van der Waals surface area contributed by atoms with Crippen LogP contribution in [0, 0.1) is 0 Å². The maximum absolute atomic E-state index is 11.0. The van der Waals surface area contributed by atoms with Crippen LogP contribution >= 0.6 is 0 Å². The molecule has 2 aromatic rings. The van der Waals surface area contributed by atoms with Gasteiger partial charge in [-0.25, -0.2) is 4.79 Å². The number of methoxy groups -OCH3 is 1. The van der Waals surface area contributed by atoms with E-state index in [1.807, 2.05) is 36.4 Å². The molecule has 0 radical (unpaired) electrons. The molecular weight excluding hydrogens is 370 g/mol. The summed E-state index contributed by atoms with van der Waals surface area (Å²) in [6, 6.07) is 16.0. The molecule has 1 aliphatic heterocycles. The zero-order chi connectivity index (χ0) is 20.5. The Morgan fingerprint density at radius 3 is 2.48 bits per heavy atom. The largest absolute Gasteiger partial charge is 0.496 e. The van der Waals surface area contributed by atoms with Gasteiger partial charge in [-0.1, -0.05) is 30.3 Å². The summed E-state index contributed by atoms with van der Waals surface area (Å²) in [6.45, 7) is 2.96. The van der Waals surface area contributed by atoms with Crippen molar-refractivity contribution in [3.05, 3.63) is 59.7 Å². The van der Waals surface area contributed by atoms with Gasteiger partial charge >= 0.3 is 6.09 Å². The molecule has 0 saturated carbocycles. The van der Waals surface area contributed by atoms with Crippen LogP contribution in [0.15, 0.2) is 48.5 Å². The summed E-state index contributed by atoms with van der Waals surface area (Å²) in [4.78, 5) is 12.5. The number of likely N-dealkylation sites (tertiary alicyclic amines) is 1. The van der Waals surface area contributed by atoms with Crippen LogP contribution in [0.25, 0.3) is 0 Å². The Balaban J connectivity index is 1.34. The monoisotopic (exact) mass is 399 g/mol. The van der Waals surface area contributed by atoms with E-state index in [4.69, 9.17) is 19.3 Å². The van der Waals surface area contributed by atoms with E-state index in [9.17, 15) is 4.79 Å². The molecule has 6 nitrogen and oxygen atoms in total. The van der Waals surface area contributed by atoms with Gasteiger partial charge in [-0.3, -0.25) is 0 Å². The second-order valence-electron chi connectivity index (χ2n) is 7.18. The second-order valence-corrected chi connectivity index (χ2v) is 7.18. The smallest absolute Gasteiger partial charge is 0.407 e. The third kappa shape index (κ3) is 6.12. The second kappa shape index (κ2) is 10.7. The van der Waals surface area contributed by atoms with E-state index >= 15 is 0 Å². The molecule has 1 aliphatic rings. The predicted octanol–water partition coefficient (Wildman–Crippen LogP) is 4.54. The predicted molar refractivity (Wildman–Crippen MR) is 111 cm³/mol. The van der Waals surface area contributed by atoms with E-state index in [1.54, 1.807) is 7.11 Å². The molecule has 0 spiro atoms. The first-order valence-electron chi connectivity index (χ1n) is 10.1. The van der Waals surface area contributed by atoms with E-state index in [2.05, 4.69) is 12.1 Å². The SMILES string of the molecule is COc1ccccc1COCCCOc1ccc(C2CCN(C(=O)O)CC2)cc1. The molecule has 0 atom stereocenters. The van der Waals surface area contributed by atoms with Crippen molar-refractivity contribution < 1.29 is 24.1 Å². The summed E-state index contributed by atoms with van der Waals surface area (Å²) in [5, 5.41) is 9.04. The summed E-state index contributed by atoms with van der Waals surface area (Å²) < 4.78 is 16.8. The normalized spacial score (nSPS) is 14.6. The zero-order valence-corrected chi connectivity index (χ0v) is 16.9. The molecule has 0 unspecified atom stereocenters. The molecule has 6 heteroatoms. The van der Waals surface area contributed by atoms with Crippen LogP contribution in [0.1, 0.15) is 36.3 Å². The van der Waals surface area contributed by atoms with E-state index < -0.39 is 6.09 Å². The average molecular weight is 399 g/mol. The highest BCUT2D eigenvalue weighted by atomic mass is 16.5. The Labute approximate surface area is 172 Å². The lowest BCUT2D eigenvalue weighted by Gasteiger charge is -2.30. The average Bonchev–Trinajstić information content (AvgIpc) is 2.77. The van der Waals surface area contributed by atoms with Crippen LogP contribution in [0.3, 0.4) is 0 Å². The summed E-state index contributed by atoms with van der Waals surface area (Å²) in [5.74, 6) is 2.11. The van der Waals surface area contributed by atoms with Crippen molar-refractivity contribution in [1.29, 1.82) is 0 Å². The van der Waals surface area contributed by atoms with E-state index in [0.29, 0.717) is 38.8 Å². The number of hydrogen-bond donors (Lipinski definition) is 1. The number of carboxylic acid groups (broad SMARTS) is 1. The van der Waals surface area contributed by atoms with E-state index in [0.717, 1.165) is 36.3 Å². The number of nitrogens with zero attached hydrogens (tertiary/aromatic N) is 1. The Morgan fingerprint density at radius 1 is 1.07 bits per heavy atom. The van der Waals surface area contributed by atoms with Crippen molar-refractivity contribution in [2.24, 2.45) is 0 Å². The molecule has 0 bridgehead atoms. The summed E-state index contributed by atoms with van der Waals surface area (Å²) in [6.07, 6.45) is 1.73. The lowest BCUT2D eigenvalue weighted by molar-refractivity contribution is 0.105. The van der Waals surface area contributed by atoms with Crippen LogP contribution in [-0.2, 0) is 11.3 Å². The third-order valence-corrected chi connectivity index (χ3v) is 5.27. The minimum Gasteiger partial charge on any atom is -0.496 e. The van der Waals surface area contributed by atoms with Gasteiger partial charge in [-0.15, -0.1) is 0 Å². The van der Waals surface area contributed by atoms with Gasteiger partial charge in [0.25, 0.3) is 0 Å². The zero-order valence-electron chi connectivity index (χ0n) is 16.9. The fourth-order valence-corrected chi connectivity index (χ4v) is 3.60. The van der Waals surface area contributed by atoms with Crippen LogP contribution in [0.2, 0.25) is 0 Å². The molecular formula is C23H29NO5. The van der Waals surface area contributed by atoms with Gasteiger partial charge in [-0.05, 0) is 42.5 Å². The molecule has 29 heavy (non-hydrogen) atoms. The standard InChI is InChI=1S/C23H29NO5/c1-27-22-6-3-2-5-20(22)17-28-15-4-16-29-21-9-7-18(8-10-21)19-11-13-24(14-12-19)23(25)26/h2-3,5-10,19H,4,11-17H2,1H3,(H,25,26). The summed E-state index contributed by atoms with van der Waals surface area (Å²) >= 11 is 0. The minimum absolute atomic E-state index is 0.419. The van der Waals surface area contributed by atoms with Crippen LogP contribution in [0.5, 0.6) is 11.5 Å². The third-order valence-electron chi connectivity index (χ3n) is 5.27. The quantitative estimate of drug-likeness (QED) is 0.627. The van der Waals surface area contributed by atoms with Crippen LogP contribution in [0.4, 0.5) is 4.79 Å². The fourth-order valence-electron chi connectivity index (χ4n) is 3.60. The highest BCUT2D eigenvalue weighted by molar-refractivity contribution is 5.65. The minimum atomic E-state index is -0.820. The molecule has 1 heterocycles. The van der Waals surface area contributed by atoms with Gasteiger partial charge in [0.2, 0.25) is 0 Å². The van der Waals surface area contributed by atoms with Crippen molar-refractivity contribution in [2.75, 3.05) is 33.4 Å². The number of piperidine rings is 1. The Morgan fingerprint density at radius 2 is 1.79 bits per heavy atom. The van der Waals surface area contributed by atoms with Gasteiger partial charge in [0.05, 0.1) is 26.9 Å². The van der Waals surface area contributed by atoms with Crippen molar-refractivity contribution in [3.8, 4) is 11.5 Å². The number of benzene rings is 2. The molecule has 0 aromatic heterocycles. The lowest BCUT2D eigenvalue weighted by Crippen LogP contribution is -2.36. The van der Waals surface area contributed by atoms with Crippen LogP contribution in [-0.4, -0.2) is 49.5 Å². The first-order chi connectivity index (χ1) is 14.2. The van der Waals surface area contributed by atoms with Crippen LogP contribution < -0.4 is 9.47 Å². The Hall–Kier alpha value is -2.73. The number of rotatable bonds is 9.